The summed E-state index contributed by atoms with van der Waals surface area (Å²) in [6.45, 7) is 3.78. The minimum absolute atomic E-state index is 0.0559. The molecular weight excluding hydrogens is 310 g/mol. The number of ether oxygens (including phenoxy) is 1. The average Bonchev–Trinajstić information content (AvgIpc) is 2.39. The lowest BCUT2D eigenvalue weighted by atomic mass is 10.1. The van der Waals surface area contributed by atoms with E-state index in [-0.39, 0.29) is 6.10 Å². The molecule has 0 saturated carbocycles. The second-order valence-electron chi connectivity index (χ2n) is 4.67. The molecule has 2 unspecified atom stereocenters. The molecule has 0 radical (unpaired) electrons. The quantitative estimate of drug-likeness (QED) is 0.923. The molecule has 1 aliphatic heterocycles. The largest absolute Gasteiger partial charge is 0.480 e. The number of hydrogen-bond donors (Lipinski definition) is 1. The van der Waals surface area contributed by atoms with Crippen molar-refractivity contribution in [2.75, 3.05) is 19.7 Å². The molecule has 0 aromatic heterocycles. The Balaban J connectivity index is 2.10. The predicted molar refractivity (Wildman–Crippen MR) is 76.1 cm³/mol. The predicted octanol–water partition coefficient (Wildman–Crippen LogP) is 2.69. The molecule has 1 aliphatic rings. The summed E-state index contributed by atoms with van der Waals surface area (Å²) in [6, 6.07) is 7.56. The zero-order chi connectivity index (χ0) is 13.8. The summed E-state index contributed by atoms with van der Waals surface area (Å²) in [4.78, 5) is 13.2. The number of rotatable bonds is 4. The van der Waals surface area contributed by atoms with Gasteiger partial charge >= 0.3 is 5.97 Å². The molecule has 1 aromatic rings. The SMILES string of the molecule is CCC(C(=O)O)N1CCOC(c2cccc(Br)c2)C1. The normalized spacial score (nSPS) is 22.1. The fraction of sp³-hybridized carbons (Fsp3) is 0.500. The van der Waals surface area contributed by atoms with E-state index in [1.807, 2.05) is 36.1 Å². The van der Waals surface area contributed by atoms with Crippen LogP contribution in [-0.2, 0) is 9.53 Å². The van der Waals surface area contributed by atoms with Crippen LogP contribution in [0.25, 0.3) is 0 Å². The standard InChI is InChI=1S/C14H18BrNO3/c1-2-12(14(17)18)16-6-7-19-13(9-16)10-4-3-5-11(15)8-10/h3-5,8,12-13H,2,6-7,9H2,1H3,(H,17,18). The Kier molecular flexibility index (Phi) is 4.96. The summed E-state index contributed by atoms with van der Waals surface area (Å²) in [5, 5.41) is 9.24. The van der Waals surface area contributed by atoms with Crippen LogP contribution in [0.2, 0.25) is 0 Å². The van der Waals surface area contributed by atoms with E-state index >= 15 is 0 Å². The Morgan fingerprint density at radius 3 is 3.05 bits per heavy atom. The molecule has 0 amide bonds. The summed E-state index contributed by atoms with van der Waals surface area (Å²) >= 11 is 3.45. The summed E-state index contributed by atoms with van der Waals surface area (Å²) < 4.78 is 6.78. The van der Waals surface area contributed by atoms with Crippen LogP contribution in [0, 0.1) is 0 Å². The van der Waals surface area contributed by atoms with Crippen molar-refractivity contribution in [2.45, 2.75) is 25.5 Å². The van der Waals surface area contributed by atoms with Gasteiger partial charge in [-0.15, -0.1) is 0 Å². The van der Waals surface area contributed by atoms with Gasteiger partial charge in [0.2, 0.25) is 0 Å². The van der Waals surface area contributed by atoms with Gasteiger partial charge in [-0.2, -0.15) is 0 Å². The lowest BCUT2D eigenvalue weighted by Crippen LogP contribution is -2.48. The Morgan fingerprint density at radius 2 is 2.42 bits per heavy atom. The Hall–Kier alpha value is -0.910. The van der Waals surface area contributed by atoms with Crippen LogP contribution >= 0.6 is 15.9 Å². The van der Waals surface area contributed by atoms with Gasteiger partial charge in [0.25, 0.3) is 0 Å². The van der Waals surface area contributed by atoms with Gasteiger partial charge in [-0.05, 0) is 24.1 Å². The van der Waals surface area contributed by atoms with E-state index in [0.717, 1.165) is 10.0 Å². The van der Waals surface area contributed by atoms with E-state index < -0.39 is 12.0 Å². The van der Waals surface area contributed by atoms with Crippen molar-refractivity contribution < 1.29 is 14.6 Å². The van der Waals surface area contributed by atoms with Crippen molar-refractivity contribution in [3.05, 3.63) is 34.3 Å². The molecule has 2 rings (SSSR count). The first-order valence-corrected chi connectivity index (χ1v) is 7.25. The lowest BCUT2D eigenvalue weighted by Gasteiger charge is -2.36. The summed E-state index contributed by atoms with van der Waals surface area (Å²) in [6.07, 6.45) is 0.556. The maximum atomic E-state index is 11.2. The Morgan fingerprint density at radius 1 is 1.63 bits per heavy atom. The maximum Gasteiger partial charge on any atom is 0.320 e. The highest BCUT2D eigenvalue weighted by Gasteiger charge is 2.30. The number of morpholine rings is 1. The van der Waals surface area contributed by atoms with E-state index in [9.17, 15) is 9.90 Å². The van der Waals surface area contributed by atoms with E-state index in [4.69, 9.17) is 4.74 Å². The second-order valence-corrected chi connectivity index (χ2v) is 5.59. The van der Waals surface area contributed by atoms with E-state index in [0.29, 0.717) is 26.1 Å². The van der Waals surface area contributed by atoms with Crippen molar-refractivity contribution in [3.63, 3.8) is 0 Å². The van der Waals surface area contributed by atoms with Gasteiger partial charge in [-0.3, -0.25) is 9.69 Å². The minimum atomic E-state index is -0.752. The summed E-state index contributed by atoms with van der Waals surface area (Å²) in [5.74, 6) is -0.752. The number of benzene rings is 1. The zero-order valence-electron chi connectivity index (χ0n) is 10.9. The van der Waals surface area contributed by atoms with Gasteiger partial charge in [0, 0.05) is 17.6 Å². The molecule has 1 heterocycles. The molecule has 0 bridgehead atoms. The third kappa shape index (κ3) is 3.55. The molecule has 5 heteroatoms. The number of carboxylic acid groups (broad SMARTS) is 1. The van der Waals surface area contributed by atoms with E-state index in [2.05, 4.69) is 15.9 Å². The van der Waals surface area contributed by atoms with Crippen molar-refractivity contribution >= 4 is 21.9 Å². The number of hydrogen-bond acceptors (Lipinski definition) is 3. The van der Waals surface area contributed by atoms with Gasteiger partial charge in [0.1, 0.15) is 6.04 Å². The molecule has 4 nitrogen and oxygen atoms in total. The molecule has 2 atom stereocenters. The molecule has 0 aliphatic carbocycles. The first kappa shape index (κ1) is 14.5. The van der Waals surface area contributed by atoms with Crippen LogP contribution in [0.3, 0.4) is 0 Å². The first-order valence-electron chi connectivity index (χ1n) is 6.45. The molecular formula is C14H18BrNO3. The van der Waals surface area contributed by atoms with Gasteiger partial charge < -0.3 is 9.84 Å². The molecule has 1 saturated heterocycles. The van der Waals surface area contributed by atoms with Crippen molar-refractivity contribution in [3.8, 4) is 0 Å². The fourth-order valence-corrected chi connectivity index (χ4v) is 2.87. The number of carboxylic acids is 1. The van der Waals surface area contributed by atoms with Gasteiger partial charge in [0.05, 0.1) is 12.7 Å². The van der Waals surface area contributed by atoms with Crippen LogP contribution in [-0.4, -0.2) is 41.7 Å². The van der Waals surface area contributed by atoms with Crippen molar-refractivity contribution in [1.29, 1.82) is 0 Å². The van der Waals surface area contributed by atoms with Crippen molar-refractivity contribution in [1.82, 2.24) is 4.90 Å². The van der Waals surface area contributed by atoms with Crippen LogP contribution in [0.4, 0.5) is 0 Å². The number of aliphatic carboxylic acids is 1. The van der Waals surface area contributed by atoms with Crippen LogP contribution in [0.5, 0.6) is 0 Å². The van der Waals surface area contributed by atoms with Crippen LogP contribution in [0.1, 0.15) is 25.0 Å². The van der Waals surface area contributed by atoms with E-state index in [1.165, 1.54) is 0 Å². The molecule has 0 spiro atoms. The third-order valence-electron chi connectivity index (χ3n) is 3.43. The maximum absolute atomic E-state index is 11.2. The monoisotopic (exact) mass is 327 g/mol. The summed E-state index contributed by atoms with van der Waals surface area (Å²) in [7, 11) is 0. The fourth-order valence-electron chi connectivity index (χ4n) is 2.45. The number of halogens is 1. The molecule has 19 heavy (non-hydrogen) atoms. The summed E-state index contributed by atoms with van der Waals surface area (Å²) in [5.41, 5.74) is 1.08. The topological polar surface area (TPSA) is 49.8 Å². The van der Waals surface area contributed by atoms with Crippen LogP contribution < -0.4 is 0 Å². The second kappa shape index (κ2) is 6.50. The number of nitrogens with zero attached hydrogens (tertiary/aromatic N) is 1. The lowest BCUT2D eigenvalue weighted by molar-refractivity contribution is -0.147. The molecule has 1 aromatic carbocycles. The van der Waals surface area contributed by atoms with Gasteiger partial charge in [-0.1, -0.05) is 35.0 Å². The average molecular weight is 328 g/mol. The zero-order valence-corrected chi connectivity index (χ0v) is 12.5. The van der Waals surface area contributed by atoms with Gasteiger partial charge in [0.15, 0.2) is 0 Å². The Bertz CT molecular complexity index is 452. The van der Waals surface area contributed by atoms with Gasteiger partial charge in [-0.25, -0.2) is 0 Å². The number of carbonyl (C=O) groups is 1. The smallest absolute Gasteiger partial charge is 0.320 e. The highest BCUT2D eigenvalue weighted by Crippen LogP contribution is 2.26. The van der Waals surface area contributed by atoms with Crippen LogP contribution in [0.15, 0.2) is 28.7 Å². The third-order valence-corrected chi connectivity index (χ3v) is 3.92. The molecule has 1 fully saturated rings. The molecule has 1 N–H and O–H groups in total. The highest BCUT2D eigenvalue weighted by molar-refractivity contribution is 9.10. The van der Waals surface area contributed by atoms with E-state index in [1.54, 1.807) is 0 Å². The minimum Gasteiger partial charge on any atom is -0.480 e. The Labute approximate surface area is 121 Å². The van der Waals surface area contributed by atoms with Crippen molar-refractivity contribution in [2.24, 2.45) is 0 Å². The first-order chi connectivity index (χ1) is 9.11. The molecule has 104 valence electrons. The highest BCUT2D eigenvalue weighted by atomic mass is 79.9.